The van der Waals surface area contributed by atoms with Gasteiger partial charge in [-0.3, -0.25) is 0 Å². The first kappa shape index (κ1) is 18.5. The number of piperidine rings is 1. The van der Waals surface area contributed by atoms with Crippen LogP contribution in [-0.2, 0) is 0 Å². The smallest absolute Gasteiger partial charge is 0.226 e. The van der Waals surface area contributed by atoms with E-state index in [0.29, 0.717) is 11.6 Å². The molecule has 1 saturated heterocycles. The molecule has 2 heterocycles. The zero-order valence-corrected chi connectivity index (χ0v) is 16.9. The summed E-state index contributed by atoms with van der Waals surface area (Å²) in [7, 11) is 6.01. The van der Waals surface area contributed by atoms with Gasteiger partial charge in [-0.1, -0.05) is 0 Å². The normalized spacial score (nSPS) is 14.8. The molecule has 0 N–H and O–H groups in total. The molecule has 0 spiro atoms. The molecular weight excluding hydrogens is 392 g/mol. The van der Waals surface area contributed by atoms with Crippen molar-refractivity contribution in [3.63, 3.8) is 0 Å². The van der Waals surface area contributed by atoms with Gasteiger partial charge < -0.3 is 14.7 Å². The molecule has 7 heteroatoms. The van der Waals surface area contributed by atoms with E-state index in [1.807, 2.05) is 49.5 Å². The van der Waals surface area contributed by atoms with Crippen LogP contribution >= 0.6 is 15.9 Å². The van der Waals surface area contributed by atoms with E-state index in [1.165, 1.54) is 0 Å². The van der Waals surface area contributed by atoms with Crippen molar-refractivity contribution in [3.05, 3.63) is 40.5 Å². The molecule has 0 unspecified atom stereocenters. The maximum atomic E-state index is 9.06. The van der Waals surface area contributed by atoms with Crippen LogP contribution in [-0.4, -0.2) is 50.2 Å². The summed E-state index contributed by atoms with van der Waals surface area (Å²) in [5.41, 5.74) is 1.83. The fourth-order valence-electron chi connectivity index (χ4n) is 3.24. The first-order chi connectivity index (χ1) is 12.5. The van der Waals surface area contributed by atoms with Crippen molar-refractivity contribution >= 4 is 33.4 Å². The minimum absolute atomic E-state index is 0.456. The maximum Gasteiger partial charge on any atom is 0.226 e. The Bertz CT molecular complexity index is 808. The summed E-state index contributed by atoms with van der Waals surface area (Å²) in [5, 5.41) is 9.06. The lowest BCUT2D eigenvalue weighted by Crippen LogP contribution is -2.44. The molecule has 0 saturated carbocycles. The summed E-state index contributed by atoms with van der Waals surface area (Å²) in [6.45, 7) is 1.97. The van der Waals surface area contributed by atoms with Crippen LogP contribution < -0.4 is 14.7 Å². The first-order valence-corrected chi connectivity index (χ1v) is 9.46. The van der Waals surface area contributed by atoms with E-state index >= 15 is 0 Å². The number of nitriles is 1. The fraction of sp³-hybridized carbons (Fsp3) is 0.421. The summed E-state index contributed by atoms with van der Waals surface area (Å²) >= 11 is 3.48. The van der Waals surface area contributed by atoms with Gasteiger partial charge in [-0.2, -0.15) is 10.2 Å². The molecule has 0 atom stereocenters. The van der Waals surface area contributed by atoms with Crippen molar-refractivity contribution in [2.45, 2.75) is 18.9 Å². The number of halogens is 1. The predicted octanol–water partition coefficient (Wildman–Crippen LogP) is 3.28. The SMILES string of the molecule is CN(C)c1nccc(N(C)C2CCN(c3ccc(C#N)c(Br)c3)CC2)n1. The lowest BCUT2D eigenvalue weighted by atomic mass is 10.0. The van der Waals surface area contributed by atoms with Crippen LogP contribution in [0.25, 0.3) is 0 Å². The van der Waals surface area contributed by atoms with Crippen LogP contribution in [0.15, 0.2) is 34.9 Å². The maximum absolute atomic E-state index is 9.06. The Balaban J connectivity index is 1.65. The summed E-state index contributed by atoms with van der Waals surface area (Å²) in [4.78, 5) is 15.5. The molecule has 1 fully saturated rings. The number of aromatic nitrogens is 2. The topological polar surface area (TPSA) is 59.3 Å². The Morgan fingerprint density at radius 3 is 2.54 bits per heavy atom. The van der Waals surface area contributed by atoms with E-state index in [-0.39, 0.29) is 0 Å². The molecule has 1 aromatic heterocycles. The number of hydrogen-bond acceptors (Lipinski definition) is 6. The Kier molecular flexibility index (Phi) is 5.62. The second-order valence-corrected chi connectivity index (χ2v) is 7.57. The van der Waals surface area contributed by atoms with Gasteiger partial charge in [0, 0.05) is 56.6 Å². The van der Waals surface area contributed by atoms with E-state index in [1.54, 1.807) is 0 Å². The summed E-state index contributed by atoms with van der Waals surface area (Å²) in [6.07, 6.45) is 3.95. The lowest BCUT2D eigenvalue weighted by Gasteiger charge is -2.38. The Hall–Kier alpha value is -2.33. The Morgan fingerprint density at radius 1 is 1.19 bits per heavy atom. The average Bonchev–Trinajstić information content (AvgIpc) is 2.67. The molecule has 0 amide bonds. The van der Waals surface area contributed by atoms with Gasteiger partial charge in [0.05, 0.1) is 5.56 Å². The van der Waals surface area contributed by atoms with Crippen molar-refractivity contribution in [2.75, 3.05) is 48.9 Å². The van der Waals surface area contributed by atoms with E-state index < -0.39 is 0 Å². The molecule has 6 nitrogen and oxygen atoms in total. The number of rotatable bonds is 4. The molecule has 1 aliphatic heterocycles. The quantitative estimate of drug-likeness (QED) is 0.764. The van der Waals surface area contributed by atoms with Crippen molar-refractivity contribution in [3.8, 4) is 6.07 Å². The molecule has 26 heavy (non-hydrogen) atoms. The molecule has 2 aromatic rings. The number of benzene rings is 1. The highest BCUT2D eigenvalue weighted by Crippen LogP contribution is 2.28. The van der Waals surface area contributed by atoms with Crippen LogP contribution in [0.5, 0.6) is 0 Å². The lowest BCUT2D eigenvalue weighted by molar-refractivity contribution is 0.480. The fourth-order valence-corrected chi connectivity index (χ4v) is 3.70. The van der Waals surface area contributed by atoms with Crippen molar-refractivity contribution < 1.29 is 0 Å². The van der Waals surface area contributed by atoms with E-state index in [9.17, 15) is 0 Å². The van der Waals surface area contributed by atoms with Crippen LogP contribution in [0.2, 0.25) is 0 Å². The van der Waals surface area contributed by atoms with Crippen molar-refractivity contribution in [2.24, 2.45) is 0 Å². The van der Waals surface area contributed by atoms with Gasteiger partial charge in [-0.15, -0.1) is 0 Å². The zero-order valence-electron chi connectivity index (χ0n) is 15.4. The third kappa shape index (κ3) is 3.91. The molecule has 1 aliphatic rings. The zero-order chi connectivity index (χ0) is 18.7. The average molecular weight is 415 g/mol. The first-order valence-electron chi connectivity index (χ1n) is 8.67. The van der Waals surface area contributed by atoms with Gasteiger partial charge in [-0.25, -0.2) is 4.98 Å². The highest BCUT2D eigenvalue weighted by molar-refractivity contribution is 9.10. The van der Waals surface area contributed by atoms with Gasteiger partial charge in [0.25, 0.3) is 0 Å². The molecule has 136 valence electrons. The van der Waals surface area contributed by atoms with Crippen molar-refractivity contribution in [1.29, 1.82) is 5.26 Å². The van der Waals surface area contributed by atoms with E-state index in [2.05, 4.69) is 48.8 Å². The largest absolute Gasteiger partial charge is 0.371 e. The minimum Gasteiger partial charge on any atom is -0.371 e. The minimum atomic E-state index is 0.456. The van der Waals surface area contributed by atoms with E-state index in [4.69, 9.17) is 5.26 Å². The number of hydrogen-bond donors (Lipinski definition) is 0. The molecule has 1 aromatic carbocycles. The Morgan fingerprint density at radius 2 is 1.92 bits per heavy atom. The highest BCUT2D eigenvalue weighted by Gasteiger charge is 2.24. The second-order valence-electron chi connectivity index (χ2n) is 6.71. The number of anilines is 3. The van der Waals surface area contributed by atoms with Gasteiger partial charge in [0.15, 0.2) is 0 Å². The van der Waals surface area contributed by atoms with Crippen molar-refractivity contribution in [1.82, 2.24) is 9.97 Å². The summed E-state index contributed by atoms with van der Waals surface area (Å²) in [5.74, 6) is 1.69. The van der Waals surface area contributed by atoms with Gasteiger partial charge in [-0.05, 0) is 53.0 Å². The second kappa shape index (κ2) is 7.92. The van der Waals surface area contributed by atoms with Gasteiger partial charge in [0.1, 0.15) is 11.9 Å². The van der Waals surface area contributed by atoms with Crippen LogP contribution in [0.3, 0.4) is 0 Å². The van der Waals surface area contributed by atoms with Crippen LogP contribution in [0, 0.1) is 11.3 Å². The monoisotopic (exact) mass is 414 g/mol. The molecule has 3 rings (SSSR count). The van der Waals surface area contributed by atoms with E-state index in [0.717, 1.165) is 47.9 Å². The third-order valence-corrected chi connectivity index (χ3v) is 5.50. The molecular formula is C19H23BrN6. The molecule has 0 radical (unpaired) electrons. The molecule has 0 aliphatic carbocycles. The Labute approximate surface area is 163 Å². The van der Waals surface area contributed by atoms with Gasteiger partial charge >= 0.3 is 0 Å². The van der Waals surface area contributed by atoms with Crippen LogP contribution in [0.4, 0.5) is 17.5 Å². The third-order valence-electron chi connectivity index (χ3n) is 4.84. The molecule has 0 bridgehead atoms. The standard InChI is InChI=1S/C19H23BrN6/c1-24(2)19-22-9-6-18(23-19)25(3)15-7-10-26(11-8-15)16-5-4-14(13-21)17(20)12-16/h4-6,9,12,15H,7-8,10-11H2,1-3H3. The summed E-state index contributed by atoms with van der Waals surface area (Å²) in [6, 6.07) is 10.6. The van der Waals surface area contributed by atoms with Crippen LogP contribution in [0.1, 0.15) is 18.4 Å². The summed E-state index contributed by atoms with van der Waals surface area (Å²) < 4.78 is 0.856. The number of nitrogens with zero attached hydrogens (tertiary/aromatic N) is 6. The highest BCUT2D eigenvalue weighted by atomic mass is 79.9. The van der Waals surface area contributed by atoms with Gasteiger partial charge in [0.2, 0.25) is 5.95 Å². The predicted molar refractivity (Wildman–Crippen MR) is 109 cm³/mol.